The van der Waals surface area contributed by atoms with Gasteiger partial charge in [0, 0.05) is 27.4 Å². The third-order valence-corrected chi connectivity index (χ3v) is 4.64. The van der Waals surface area contributed by atoms with Crippen molar-refractivity contribution in [3.05, 3.63) is 77.9 Å². The number of benzene rings is 3. The molecular weight excluding hydrogens is 374 g/mol. The average Bonchev–Trinajstić information content (AvgIpc) is 3.07. The van der Waals surface area contributed by atoms with Crippen molar-refractivity contribution in [1.29, 1.82) is 5.26 Å². The smallest absolute Gasteiger partial charge is 0.338 e. The van der Waals surface area contributed by atoms with Crippen molar-refractivity contribution < 1.29 is 18.3 Å². The number of carbonyl (C=O) groups excluding carboxylic acids is 1. The number of nitrogens with one attached hydrogen (secondary N) is 1. The molecule has 0 radical (unpaired) electrons. The Balaban J connectivity index is 2.03. The molecule has 3 aromatic carbocycles. The van der Waals surface area contributed by atoms with Crippen molar-refractivity contribution in [2.75, 3.05) is 0 Å². The first-order valence-electron chi connectivity index (χ1n) is 8.71. The predicted molar refractivity (Wildman–Crippen MR) is 106 cm³/mol. The molecule has 1 heterocycles. The summed E-state index contributed by atoms with van der Waals surface area (Å²) in [5.41, 5.74) is 1.31. The van der Waals surface area contributed by atoms with E-state index in [1.807, 2.05) is 24.3 Å². The number of hydrogen-bond acceptors (Lipinski definition) is 3. The number of carbonyl (C=O) groups is 1. The molecule has 0 saturated heterocycles. The van der Waals surface area contributed by atoms with E-state index in [1.165, 1.54) is 13.0 Å². The van der Waals surface area contributed by atoms with Gasteiger partial charge in [0.25, 0.3) is 0 Å². The van der Waals surface area contributed by atoms with Crippen molar-refractivity contribution in [3.8, 4) is 22.9 Å². The van der Waals surface area contributed by atoms with Gasteiger partial charge in [0.05, 0.1) is 5.52 Å². The van der Waals surface area contributed by atoms with Gasteiger partial charge in [0.15, 0.2) is 5.75 Å². The molecule has 4 rings (SSSR count). The van der Waals surface area contributed by atoms with Gasteiger partial charge in [-0.15, -0.1) is 0 Å². The lowest BCUT2D eigenvalue weighted by Crippen LogP contribution is -2.09. The van der Waals surface area contributed by atoms with Crippen LogP contribution in [0.15, 0.2) is 60.7 Å². The summed E-state index contributed by atoms with van der Waals surface area (Å²) in [5, 5.41) is 10.6. The lowest BCUT2D eigenvalue weighted by Gasteiger charge is -2.12. The lowest BCUT2D eigenvalue weighted by atomic mass is 10.00. The van der Waals surface area contributed by atoms with E-state index in [4.69, 9.17) is 10.00 Å². The first kappa shape index (κ1) is 18.4. The first-order valence-corrected chi connectivity index (χ1v) is 8.71. The molecule has 1 N–H and O–H groups in total. The van der Waals surface area contributed by atoms with Crippen molar-refractivity contribution >= 4 is 27.8 Å². The van der Waals surface area contributed by atoms with Gasteiger partial charge in [0.2, 0.25) is 0 Å². The van der Waals surface area contributed by atoms with E-state index in [0.29, 0.717) is 11.1 Å². The number of rotatable bonds is 3. The molecule has 29 heavy (non-hydrogen) atoms. The van der Waals surface area contributed by atoms with Gasteiger partial charge >= 0.3 is 5.97 Å². The Kier molecular flexibility index (Phi) is 4.36. The van der Waals surface area contributed by atoms with Crippen molar-refractivity contribution in [1.82, 2.24) is 4.98 Å². The number of para-hydroxylation sites is 1. The normalized spacial score (nSPS) is 10.8. The Morgan fingerprint density at radius 3 is 2.45 bits per heavy atom. The first-order chi connectivity index (χ1) is 13.9. The Hall–Kier alpha value is -3.98. The minimum absolute atomic E-state index is 0.134. The predicted octanol–water partition coefficient (Wildman–Crippen LogP) is 5.62. The number of aromatic amines is 1. The fourth-order valence-corrected chi connectivity index (χ4v) is 3.24. The van der Waals surface area contributed by atoms with Crippen molar-refractivity contribution in [2.24, 2.45) is 0 Å². The van der Waals surface area contributed by atoms with E-state index in [2.05, 4.69) is 11.6 Å². The maximum absolute atomic E-state index is 14.2. The van der Waals surface area contributed by atoms with Gasteiger partial charge in [-0.05, 0) is 36.8 Å². The fourth-order valence-electron chi connectivity index (χ4n) is 3.24. The number of halogens is 2. The van der Waals surface area contributed by atoms with Crippen LogP contribution < -0.4 is 4.74 Å². The highest BCUT2D eigenvalue weighted by Gasteiger charge is 2.20. The maximum atomic E-state index is 14.2. The van der Waals surface area contributed by atoms with E-state index >= 15 is 0 Å². The molecule has 0 saturated carbocycles. The number of nitrogens with zero attached hydrogens (tertiary/aromatic N) is 1. The number of aromatic nitrogens is 1. The van der Waals surface area contributed by atoms with Gasteiger partial charge < -0.3 is 9.72 Å². The molecule has 1 aromatic heterocycles. The Morgan fingerprint density at radius 1 is 1.10 bits per heavy atom. The van der Waals surface area contributed by atoms with Gasteiger partial charge in [0.1, 0.15) is 23.3 Å². The fraction of sp³-hybridized carbons (Fsp3) is 0.0435. The number of esters is 1. The zero-order valence-corrected chi connectivity index (χ0v) is 15.3. The summed E-state index contributed by atoms with van der Waals surface area (Å²) in [7, 11) is 0. The largest absolute Gasteiger partial charge is 0.420 e. The van der Waals surface area contributed by atoms with Gasteiger partial charge in [-0.3, -0.25) is 0 Å². The van der Waals surface area contributed by atoms with Crippen LogP contribution in [0, 0.1) is 23.0 Å². The van der Waals surface area contributed by atoms with E-state index in [-0.39, 0.29) is 16.9 Å². The molecule has 0 aliphatic heterocycles. The SMILES string of the molecule is C=C(C)C(=O)Oc1c(-c2cc(F)c(C#N)c(F)c2)ccc2c1[nH]c1ccccc12. The number of H-pyrrole nitrogens is 1. The van der Waals surface area contributed by atoms with Crippen LogP contribution >= 0.6 is 0 Å². The maximum Gasteiger partial charge on any atom is 0.338 e. The third kappa shape index (κ3) is 3.03. The van der Waals surface area contributed by atoms with Crippen LogP contribution in [0.25, 0.3) is 32.9 Å². The zero-order valence-electron chi connectivity index (χ0n) is 15.3. The highest BCUT2D eigenvalue weighted by atomic mass is 19.1. The summed E-state index contributed by atoms with van der Waals surface area (Å²) in [6.45, 7) is 5.09. The van der Waals surface area contributed by atoms with Crippen LogP contribution in [0.1, 0.15) is 12.5 Å². The standard InChI is InChI=1S/C23H14F2N2O2/c1-12(2)23(28)29-22-14(13-9-18(24)17(11-26)19(25)10-13)7-8-16-15-5-3-4-6-20(15)27-21(16)22/h3-10,27H,1H2,2H3. The Morgan fingerprint density at radius 2 is 1.79 bits per heavy atom. The number of hydrogen-bond donors (Lipinski definition) is 1. The molecule has 142 valence electrons. The minimum Gasteiger partial charge on any atom is -0.420 e. The number of fused-ring (bicyclic) bond motifs is 3. The van der Waals surface area contributed by atoms with Crippen LogP contribution in [-0.4, -0.2) is 11.0 Å². The lowest BCUT2D eigenvalue weighted by molar-refractivity contribution is -0.129. The molecule has 6 heteroatoms. The van der Waals surface area contributed by atoms with Crippen LogP contribution in [-0.2, 0) is 4.79 Å². The quantitative estimate of drug-likeness (QED) is 0.281. The van der Waals surface area contributed by atoms with E-state index in [9.17, 15) is 13.6 Å². The van der Waals surface area contributed by atoms with Gasteiger partial charge in [-0.1, -0.05) is 30.8 Å². The minimum atomic E-state index is -0.989. The molecular formula is C23H14F2N2O2. The molecule has 0 bridgehead atoms. The molecule has 0 aliphatic carbocycles. The third-order valence-electron chi connectivity index (χ3n) is 4.64. The van der Waals surface area contributed by atoms with Crippen LogP contribution in [0.2, 0.25) is 0 Å². The molecule has 0 amide bonds. The summed E-state index contributed by atoms with van der Waals surface area (Å²) in [4.78, 5) is 15.5. The highest BCUT2D eigenvalue weighted by molar-refractivity contribution is 6.11. The summed E-state index contributed by atoms with van der Waals surface area (Å²) >= 11 is 0. The molecule has 0 unspecified atom stereocenters. The average molecular weight is 388 g/mol. The molecule has 0 spiro atoms. The van der Waals surface area contributed by atoms with Crippen molar-refractivity contribution in [3.63, 3.8) is 0 Å². The monoisotopic (exact) mass is 388 g/mol. The molecule has 4 aromatic rings. The number of nitriles is 1. The molecule has 4 nitrogen and oxygen atoms in total. The van der Waals surface area contributed by atoms with Crippen molar-refractivity contribution in [2.45, 2.75) is 6.92 Å². The molecule has 0 atom stereocenters. The highest BCUT2D eigenvalue weighted by Crippen LogP contribution is 2.40. The Bertz CT molecular complexity index is 1340. The number of ether oxygens (including phenoxy) is 1. The zero-order chi connectivity index (χ0) is 20.7. The summed E-state index contributed by atoms with van der Waals surface area (Å²) in [6.07, 6.45) is 0. The second-order valence-electron chi connectivity index (χ2n) is 6.63. The second kappa shape index (κ2) is 6.88. The van der Waals surface area contributed by atoms with Gasteiger partial charge in [-0.2, -0.15) is 5.26 Å². The summed E-state index contributed by atoms with van der Waals surface area (Å²) in [6, 6.07) is 14.5. The Labute approximate surface area is 164 Å². The van der Waals surface area contributed by atoms with E-state index < -0.39 is 23.2 Å². The summed E-state index contributed by atoms with van der Waals surface area (Å²) in [5.74, 6) is -2.50. The van der Waals surface area contributed by atoms with Crippen LogP contribution in [0.3, 0.4) is 0 Å². The van der Waals surface area contributed by atoms with Gasteiger partial charge in [-0.25, -0.2) is 13.6 Å². The van der Waals surface area contributed by atoms with E-state index in [0.717, 1.165) is 28.4 Å². The topological polar surface area (TPSA) is 65.9 Å². The van der Waals surface area contributed by atoms with Crippen LogP contribution in [0.5, 0.6) is 5.75 Å². The van der Waals surface area contributed by atoms with Crippen LogP contribution in [0.4, 0.5) is 8.78 Å². The molecule has 0 fully saturated rings. The second-order valence-corrected chi connectivity index (χ2v) is 6.63. The van der Waals surface area contributed by atoms with E-state index in [1.54, 1.807) is 12.1 Å². The molecule has 0 aliphatic rings. The summed E-state index contributed by atoms with van der Waals surface area (Å²) < 4.78 is 34.0.